The highest BCUT2D eigenvalue weighted by Crippen LogP contribution is 2.20. The van der Waals surface area contributed by atoms with E-state index in [2.05, 4.69) is 9.71 Å². The van der Waals surface area contributed by atoms with Crippen molar-refractivity contribution in [3.05, 3.63) is 54.0 Å². The Balaban J connectivity index is 2.29. The topological polar surface area (TPSA) is 85.1 Å². The first-order valence-electron chi connectivity index (χ1n) is 6.42. The zero-order valence-electron chi connectivity index (χ0n) is 11.5. The Bertz CT molecular complexity index is 717. The predicted molar refractivity (Wildman–Crippen MR) is 78.7 cm³/mol. The number of sulfonamides is 1. The zero-order chi connectivity index (χ0) is 15.5. The van der Waals surface area contributed by atoms with Crippen LogP contribution in [0.3, 0.4) is 0 Å². The van der Waals surface area contributed by atoms with Gasteiger partial charge in [0.05, 0.1) is 11.1 Å². The third kappa shape index (κ3) is 3.77. The maximum Gasteiger partial charge on any atom is 0.263 e. The van der Waals surface area contributed by atoms with E-state index in [1.54, 1.807) is 12.1 Å². The summed E-state index contributed by atoms with van der Waals surface area (Å²) in [7, 11) is -3.78. The van der Waals surface area contributed by atoms with Crippen LogP contribution < -0.4 is 10.5 Å². The van der Waals surface area contributed by atoms with E-state index in [1.807, 2.05) is 6.92 Å². The van der Waals surface area contributed by atoms with Crippen LogP contribution in [0.25, 0.3) is 0 Å². The first-order valence-corrected chi connectivity index (χ1v) is 7.90. The molecule has 0 aliphatic rings. The van der Waals surface area contributed by atoms with Crippen LogP contribution >= 0.6 is 0 Å². The van der Waals surface area contributed by atoms with Crippen molar-refractivity contribution in [3.8, 4) is 0 Å². The minimum absolute atomic E-state index is 0.0570. The molecule has 7 heteroatoms. The summed E-state index contributed by atoms with van der Waals surface area (Å²) < 4.78 is 39.6. The lowest BCUT2D eigenvalue weighted by Crippen LogP contribution is -2.15. The smallest absolute Gasteiger partial charge is 0.263 e. The maximum atomic E-state index is 12.8. The van der Waals surface area contributed by atoms with E-state index >= 15 is 0 Å². The molecule has 112 valence electrons. The van der Waals surface area contributed by atoms with Crippen molar-refractivity contribution < 1.29 is 12.8 Å². The number of pyridine rings is 1. The first-order chi connectivity index (χ1) is 9.92. The van der Waals surface area contributed by atoms with Crippen molar-refractivity contribution in [1.82, 2.24) is 4.98 Å². The number of rotatable bonds is 5. The zero-order valence-corrected chi connectivity index (χ0v) is 12.3. The van der Waals surface area contributed by atoms with Gasteiger partial charge < -0.3 is 5.73 Å². The number of benzene rings is 1. The molecule has 1 aromatic carbocycles. The normalized spacial score (nSPS) is 12.9. The second kappa shape index (κ2) is 6.19. The minimum atomic E-state index is -3.78. The lowest BCUT2D eigenvalue weighted by atomic mass is 10.1. The summed E-state index contributed by atoms with van der Waals surface area (Å²) in [4.78, 5) is 3.77. The summed E-state index contributed by atoms with van der Waals surface area (Å²) in [5.41, 5.74) is 6.65. The Kier molecular flexibility index (Phi) is 4.54. The molecule has 0 saturated carbocycles. The van der Waals surface area contributed by atoms with Crippen LogP contribution in [0.15, 0.2) is 47.5 Å². The molecule has 0 saturated heterocycles. The summed E-state index contributed by atoms with van der Waals surface area (Å²) >= 11 is 0. The summed E-state index contributed by atoms with van der Waals surface area (Å²) in [5.74, 6) is -0.476. The maximum absolute atomic E-state index is 12.8. The summed E-state index contributed by atoms with van der Waals surface area (Å²) in [6.45, 7) is 1.92. The van der Waals surface area contributed by atoms with Crippen molar-refractivity contribution in [1.29, 1.82) is 0 Å². The molecule has 3 N–H and O–H groups in total. The van der Waals surface area contributed by atoms with Gasteiger partial charge >= 0.3 is 0 Å². The number of nitrogens with one attached hydrogen (secondary N) is 1. The van der Waals surface area contributed by atoms with E-state index in [-0.39, 0.29) is 16.8 Å². The molecule has 0 spiro atoms. The van der Waals surface area contributed by atoms with E-state index in [0.29, 0.717) is 6.42 Å². The van der Waals surface area contributed by atoms with E-state index in [1.165, 1.54) is 18.2 Å². The van der Waals surface area contributed by atoms with Crippen LogP contribution in [0.1, 0.15) is 24.9 Å². The van der Waals surface area contributed by atoms with Gasteiger partial charge in [-0.2, -0.15) is 0 Å². The largest absolute Gasteiger partial charge is 0.324 e. The summed E-state index contributed by atoms with van der Waals surface area (Å²) in [6, 6.07) is 8.59. The van der Waals surface area contributed by atoms with Crippen LogP contribution in [-0.2, 0) is 10.0 Å². The Morgan fingerprint density at radius 1 is 1.33 bits per heavy atom. The van der Waals surface area contributed by atoms with Crippen LogP contribution in [0.4, 0.5) is 10.2 Å². The van der Waals surface area contributed by atoms with Gasteiger partial charge in [0.1, 0.15) is 11.6 Å². The fraction of sp³-hybridized carbons (Fsp3) is 0.214. The average molecular weight is 309 g/mol. The Morgan fingerprint density at radius 2 is 2.10 bits per heavy atom. The number of anilines is 1. The van der Waals surface area contributed by atoms with E-state index < -0.39 is 15.8 Å². The second-order valence-electron chi connectivity index (χ2n) is 4.55. The number of halogens is 1. The number of hydrogen-bond donors (Lipinski definition) is 2. The average Bonchev–Trinajstić information content (AvgIpc) is 2.49. The molecule has 1 unspecified atom stereocenters. The molecular weight excluding hydrogens is 293 g/mol. The van der Waals surface area contributed by atoms with Crippen LogP contribution in [-0.4, -0.2) is 13.4 Å². The van der Waals surface area contributed by atoms with Gasteiger partial charge in [0.25, 0.3) is 10.0 Å². The van der Waals surface area contributed by atoms with Gasteiger partial charge in [-0.15, -0.1) is 0 Å². The molecule has 1 atom stereocenters. The molecule has 0 aliphatic carbocycles. The van der Waals surface area contributed by atoms with Gasteiger partial charge in [-0.1, -0.05) is 19.1 Å². The van der Waals surface area contributed by atoms with Crippen molar-refractivity contribution in [2.45, 2.75) is 24.3 Å². The quantitative estimate of drug-likeness (QED) is 0.888. The predicted octanol–water partition coefficient (Wildman–Crippen LogP) is 2.43. The molecular formula is C14H16FN3O2S. The van der Waals surface area contributed by atoms with Crippen LogP contribution in [0.5, 0.6) is 0 Å². The molecule has 2 rings (SSSR count). The van der Waals surface area contributed by atoms with Crippen molar-refractivity contribution in [2.24, 2.45) is 5.73 Å². The molecule has 0 radical (unpaired) electrons. The molecule has 0 fully saturated rings. The first kappa shape index (κ1) is 15.4. The second-order valence-corrected chi connectivity index (χ2v) is 6.24. The SMILES string of the molecule is CCC(N)c1cccc(S(=O)(=O)Nc2ccc(F)cn2)c1. The summed E-state index contributed by atoms with van der Waals surface area (Å²) in [6.07, 6.45) is 1.65. The van der Waals surface area contributed by atoms with Crippen molar-refractivity contribution in [3.63, 3.8) is 0 Å². The minimum Gasteiger partial charge on any atom is -0.324 e. The Morgan fingerprint density at radius 3 is 2.71 bits per heavy atom. The molecule has 0 amide bonds. The standard InChI is InChI=1S/C14H16FN3O2S/c1-2-13(16)10-4-3-5-12(8-10)21(19,20)18-14-7-6-11(15)9-17-14/h3-9,13H,2,16H2,1H3,(H,17,18). The lowest BCUT2D eigenvalue weighted by Gasteiger charge is -2.12. The molecule has 21 heavy (non-hydrogen) atoms. The van der Waals surface area contributed by atoms with Gasteiger partial charge in [-0.3, -0.25) is 4.72 Å². The van der Waals surface area contributed by atoms with Gasteiger partial charge in [-0.05, 0) is 36.2 Å². The van der Waals surface area contributed by atoms with Gasteiger partial charge in [-0.25, -0.2) is 17.8 Å². The Hall–Kier alpha value is -1.99. The van der Waals surface area contributed by atoms with Crippen LogP contribution in [0, 0.1) is 5.82 Å². The molecule has 1 aromatic heterocycles. The number of aromatic nitrogens is 1. The molecule has 5 nitrogen and oxygen atoms in total. The third-order valence-electron chi connectivity index (χ3n) is 3.00. The van der Waals surface area contributed by atoms with Crippen LogP contribution in [0.2, 0.25) is 0 Å². The number of hydrogen-bond acceptors (Lipinski definition) is 4. The fourth-order valence-corrected chi connectivity index (χ4v) is 2.84. The van der Waals surface area contributed by atoms with E-state index in [0.717, 1.165) is 17.8 Å². The highest BCUT2D eigenvalue weighted by molar-refractivity contribution is 7.92. The molecule has 1 heterocycles. The molecule has 0 bridgehead atoms. The Labute approximate surface area is 123 Å². The number of nitrogens with zero attached hydrogens (tertiary/aromatic N) is 1. The van der Waals surface area contributed by atoms with E-state index in [9.17, 15) is 12.8 Å². The highest BCUT2D eigenvalue weighted by atomic mass is 32.2. The van der Waals surface area contributed by atoms with E-state index in [4.69, 9.17) is 5.73 Å². The lowest BCUT2D eigenvalue weighted by molar-refractivity contribution is 0.600. The third-order valence-corrected chi connectivity index (χ3v) is 4.36. The fourth-order valence-electron chi connectivity index (χ4n) is 1.78. The highest BCUT2D eigenvalue weighted by Gasteiger charge is 2.16. The van der Waals surface area contributed by atoms with Crippen molar-refractivity contribution in [2.75, 3.05) is 4.72 Å². The summed E-state index contributed by atoms with van der Waals surface area (Å²) in [5, 5.41) is 0. The van der Waals surface area contributed by atoms with Gasteiger partial charge in [0, 0.05) is 6.04 Å². The molecule has 2 aromatic rings. The van der Waals surface area contributed by atoms with Crippen molar-refractivity contribution >= 4 is 15.8 Å². The van der Waals surface area contributed by atoms with Gasteiger partial charge in [0.15, 0.2) is 0 Å². The number of nitrogens with two attached hydrogens (primary N) is 1. The van der Waals surface area contributed by atoms with Gasteiger partial charge in [0.2, 0.25) is 0 Å². The monoisotopic (exact) mass is 309 g/mol. The molecule has 0 aliphatic heterocycles.